The summed E-state index contributed by atoms with van der Waals surface area (Å²) in [5.41, 5.74) is 2.30. The van der Waals surface area contributed by atoms with Gasteiger partial charge in [0.25, 0.3) is 5.91 Å². The van der Waals surface area contributed by atoms with E-state index in [0.29, 0.717) is 6.04 Å². The van der Waals surface area contributed by atoms with E-state index in [4.69, 9.17) is 4.74 Å². The van der Waals surface area contributed by atoms with Gasteiger partial charge in [0.15, 0.2) is 6.61 Å². The van der Waals surface area contributed by atoms with Crippen LogP contribution in [0, 0.1) is 0 Å². The Morgan fingerprint density at radius 2 is 2.15 bits per heavy atom. The Hall–Kier alpha value is -1.55. The smallest absolute Gasteiger partial charge is 0.258 e. The molecule has 0 radical (unpaired) electrons. The molecule has 1 unspecified atom stereocenters. The molecule has 4 nitrogen and oxygen atoms in total. The predicted octanol–water partition coefficient (Wildman–Crippen LogP) is 2.19. The molecular formula is C16H24N2O2. The van der Waals surface area contributed by atoms with Crippen molar-refractivity contribution in [1.29, 1.82) is 0 Å². The van der Waals surface area contributed by atoms with Crippen LogP contribution in [-0.4, -0.2) is 25.1 Å². The van der Waals surface area contributed by atoms with Crippen LogP contribution in [0.1, 0.15) is 44.4 Å². The molecule has 0 saturated carbocycles. The van der Waals surface area contributed by atoms with E-state index in [9.17, 15) is 4.79 Å². The predicted molar refractivity (Wildman–Crippen MR) is 80.0 cm³/mol. The van der Waals surface area contributed by atoms with Gasteiger partial charge in [-0.1, -0.05) is 12.1 Å². The molecule has 0 bridgehead atoms. The molecule has 4 heteroatoms. The highest BCUT2D eigenvalue weighted by molar-refractivity contribution is 5.78. The first-order valence-corrected chi connectivity index (χ1v) is 7.13. The lowest BCUT2D eigenvalue weighted by atomic mass is 10.1. The van der Waals surface area contributed by atoms with E-state index < -0.39 is 0 Å². The summed E-state index contributed by atoms with van der Waals surface area (Å²) in [5, 5.41) is 6.21. The van der Waals surface area contributed by atoms with Gasteiger partial charge < -0.3 is 15.4 Å². The molecule has 1 atom stereocenters. The van der Waals surface area contributed by atoms with Gasteiger partial charge in [0.1, 0.15) is 5.75 Å². The summed E-state index contributed by atoms with van der Waals surface area (Å²) in [6.07, 6.45) is 2.08. The van der Waals surface area contributed by atoms with Gasteiger partial charge in [-0.25, -0.2) is 0 Å². The molecule has 2 rings (SSSR count). The van der Waals surface area contributed by atoms with Crippen molar-refractivity contribution in [2.75, 3.05) is 13.7 Å². The fourth-order valence-electron chi connectivity index (χ4n) is 2.65. The van der Waals surface area contributed by atoms with Crippen LogP contribution in [0.3, 0.4) is 0 Å². The van der Waals surface area contributed by atoms with Crippen LogP contribution in [0.25, 0.3) is 0 Å². The summed E-state index contributed by atoms with van der Waals surface area (Å²) in [6, 6.07) is 6.47. The van der Waals surface area contributed by atoms with Gasteiger partial charge in [-0.05, 0) is 57.9 Å². The second-order valence-corrected chi connectivity index (χ2v) is 6.29. The van der Waals surface area contributed by atoms with Gasteiger partial charge in [-0.2, -0.15) is 0 Å². The van der Waals surface area contributed by atoms with E-state index in [1.54, 1.807) is 0 Å². The first-order chi connectivity index (χ1) is 9.40. The summed E-state index contributed by atoms with van der Waals surface area (Å²) < 4.78 is 5.71. The van der Waals surface area contributed by atoms with Crippen LogP contribution in [0.4, 0.5) is 0 Å². The molecular weight excluding hydrogens is 252 g/mol. The minimum atomic E-state index is -0.226. The number of nitrogens with one attached hydrogen (secondary N) is 2. The summed E-state index contributed by atoms with van der Waals surface area (Å²) in [5.74, 6) is 0.752. The number of rotatable bonds is 4. The Bertz CT molecular complexity index is 492. The van der Waals surface area contributed by atoms with Crippen LogP contribution in [0.5, 0.6) is 5.75 Å². The second kappa shape index (κ2) is 5.83. The molecule has 1 aromatic carbocycles. The lowest BCUT2D eigenvalue weighted by molar-refractivity contribution is -0.124. The third-order valence-corrected chi connectivity index (χ3v) is 3.45. The molecule has 110 valence electrons. The summed E-state index contributed by atoms with van der Waals surface area (Å²) in [6.45, 7) is 5.95. The van der Waals surface area contributed by atoms with Crippen LogP contribution in [0.15, 0.2) is 18.2 Å². The van der Waals surface area contributed by atoms with Crippen molar-refractivity contribution in [3.05, 3.63) is 29.3 Å². The van der Waals surface area contributed by atoms with Gasteiger partial charge in [0, 0.05) is 11.6 Å². The lowest BCUT2D eigenvalue weighted by Crippen LogP contribution is -2.43. The third kappa shape index (κ3) is 3.51. The molecule has 0 saturated heterocycles. The fourth-order valence-corrected chi connectivity index (χ4v) is 2.65. The molecule has 0 fully saturated rings. The number of amides is 1. The molecule has 1 amide bonds. The van der Waals surface area contributed by atoms with E-state index in [-0.39, 0.29) is 18.1 Å². The normalized spacial score (nSPS) is 17.7. The third-order valence-electron chi connectivity index (χ3n) is 3.45. The van der Waals surface area contributed by atoms with Crippen molar-refractivity contribution in [2.45, 2.75) is 45.2 Å². The quantitative estimate of drug-likeness (QED) is 0.886. The Morgan fingerprint density at radius 3 is 2.80 bits per heavy atom. The van der Waals surface area contributed by atoms with E-state index in [1.807, 2.05) is 40.0 Å². The molecule has 20 heavy (non-hydrogen) atoms. The Labute approximate surface area is 120 Å². The van der Waals surface area contributed by atoms with Crippen LogP contribution < -0.4 is 15.4 Å². The molecule has 1 aromatic rings. The molecule has 1 aliphatic rings. The largest absolute Gasteiger partial charge is 0.483 e. The zero-order chi connectivity index (χ0) is 14.8. The number of hydrogen-bond donors (Lipinski definition) is 2. The number of ether oxygens (including phenoxy) is 1. The van der Waals surface area contributed by atoms with Crippen molar-refractivity contribution >= 4 is 5.91 Å². The van der Waals surface area contributed by atoms with Crippen molar-refractivity contribution < 1.29 is 9.53 Å². The average Bonchev–Trinajstić information content (AvgIpc) is 2.77. The lowest BCUT2D eigenvalue weighted by Gasteiger charge is -2.21. The average molecular weight is 276 g/mol. The first-order valence-electron chi connectivity index (χ1n) is 7.13. The minimum absolute atomic E-state index is 0.0674. The molecule has 0 aliphatic heterocycles. The van der Waals surface area contributed by atoms with Crippen molar-refractivity contribution in [3.63, 3.8) is 0 Å². The fraction of sp³-hybridized carbons (Fsp3) is 0.562. The van der Waals surface area contributed by atoms with E-state index >= 15 is 0 Å². The highest BCUT2D eigenvalue weighted by Gasteiger charge is 2.24. The van der Waals surface area contributed by atoms with Gasteiger partial charge in [0.05, 0.1) is 0 Å². The number of carbonyl (C=O) groups excluding carboxylic acids is 1. The number of benzene rings is 1. The second-order valence-electron chi connectivity index (χ2n) is 6.29. The number of carbonyl (C=O) groups is 1. The Balaban J connectivity index is 2.01. The van der Waals surface area contributed by atoms with Crippen LogP contribution in [-0.2, 0) is 11.2 Å². The van der Waals surface area contributed by atoms with Crippen LogP contribution in [0.2, 0.25) is 0 Å². The van der Waals surface area contributed by atoms with Gasteiger partial charge in [0.2, 0.25) is 0 Å². The zero-order valence-corrected chi connectivity index (χ0v) is 12.7. The number of hydrogen-bond acceptors (Lipinski definition) is 3. The maximum atomic E-state index is 11.8. The van der Waals surface area contributed by atoms with E-state index in [2.05, 4.69) is 16.7 Å². The minimum Gasteiger partial charge on any atom is -0.483 e. The summed E-state index contributed by atoms with van der Waals surface area (Å²) in [4.78, 5) is 11.8. The monoisotopic (exact) mass is 276 g/mol. The molecule has 0 aromatic heterocycles. The Kier molecular flexibility index (Phi) is 4.33. The van der Waals surface area contributed by atoms with Crippen molar-refractivity contribution in [1.82, 2.24) is 10.6 Å². The van der Waals surface area contributed by atoms with Gasteiger partial charge in [-0.3, -0.25) is 4.79 Å². The van der Waals surface area contributed by atoms with E-state index in [0.717, 1.165) is 18.6 Å². The maximum absolute atomic E-state index is 11.8. The van der Waals surface area contributed by atoms with Crippen LogP contribution >= 0.6 is 0 Å². The number of fused-ring (bicyclic) bond motifs is 1. The van der Waals surface area contributed by atoms with Crippen molar-refractivity contribution in [3.8, 4) is 5.75 Å². The van der Waals surface area contributed by atoms with Gasteiger partial charge in [-0.15, -0.1) is 0 Å². The van der Waals surface area contributed by atoms with Crippen molar-refractivity contribution in [2.24, 2.45) is 0 Å². The molecule has 1 aliphatic carbocycles. The summed E-state index contributed by atoms with van der Waals surface area (Å²) >= 11 is 0. The maximum Gasteiger partial charge on any atom is 0.258 e. The van der Waals surface area contributed by atoms with Gasteiger partial charge >= 0.3 is 0 Å². The summed E-state index contributed by atoms with van der Waals surface area (Å²) in [7, 11) is 1.98. The topological polar surface area (TPSA) is 50.4 Å². The highest BCUT2D eigenvalue weighted by Crippen LogP contribution is 2.36. The Morgan fingerprint density at radius 1 is 1.40 bits per heavy atom. The standard InChI is InChI=1S/C16H24N2O2/c1-16(2,3)18-15(19)10-20-14-7-5-6-11-12(14)8-9-13(11)17-4/h5-7,13,17H,8-10H2,1-4H3,(H,18,19). The molecule has 2 N–H and O–H groups in total. The van der Waals surface area contributed by atoms with E-state index in [1.165, 1.54) is 11.1 Å². The molecule has 0 spiro atoms. The first kappa shape index (κ1) is 14.9. The zero-order valence-electron chi connectivity index (χ0n) is 12.7. The highest BCUT2D eigenvalue weighted by atomic mass is 16.5. The SMILES string of the molecule is CNC1CCc2c(OCC(=O)NC(C)(C)C)cccc21. The molecule has 0 heterocycles.